The van der Waals surface area contributed by atoms with Gasteiger partial charge in [0.2, 0.25) is 23.5 Å². The van der Waals surface area contributed by atoms with E-state index in [9.17, 15) is 9.59 Å². The molecule has 1 aliphatic rings. The van der Waals surface area contributed by atoms with Crippen LogP contribution in [0.25, 0.3) is 0 Å². The van der Waals surface area contributed by atoms with Crippen molar-refractivity contribution in [2.75, 3.05) is 50.5 Å². The highest BCUT2D eigenvalue weighted by atomic mass is 16.5. The number of hydrogen-bond acceptors (Lipinski definition) is 8. The van der Waals surface area contributed by atoms with E-state index in [4.69, 9.17) is 14.2 Å². The lowest BCUT2D eigenvalue weighted by molar-refractivity contribution is -0.115. The molecule has 0 saturated heterocycles. The quantitative estimate of drug-likeness (QED) is 0.622. The lowest BCUT2D eigenvalue weighted by Crippen LogP contribution is -2.30. The molecule has 2 N–H and O–H groups in total. The number of anilines is 3. The molecule has 2 aromatic rings. The van der Waals surface area contributed by atoms with E-state index in [0.29, 0.717) is 35.4 Å². The maximum Gasteiger partial charge on any atom is 0.231 e. The van der Waals surface area contributed by atoms with E-state index in [1.807, 2.05) is 19.2 Å². The number of ether oxygens (including phenoxy) is 3. The Labute approximate surface area is 193 Å². The Balaban J connectivity index is 1.83. The largest absolute Gasteiger partial charge is 0.493 e. The molecule has 1 aromatic carbocycles. The van der Waals surface area contributed by atoms with Crippen molar-refractivity contribution in [2.24, 2.45) is 5.92 Å². The molecule has 0 bridgehead atoms. The summed E-state index contributed by atoms with van der Waals surface area (Å²) in [5.74, 6) is 2.24. The zero-order valence-electron chi connectivity index (χ0n) is 19.9. The summed E-state index contributed by atoms with van der Waals surface area (Å²) in [7, 11) is 6.78. The predicted molar refractivity (Wildman–Crippen MR) is 126 cm³/mol. The number of amides is 2. The number of nitrogens with zero attached hydrogens (tertiary/aromatic N) is 3. The fourth-order valence-electron chi connectivity index (χ4n) is 4.10. The van der Waals surface area contributed by atoms with Gasteiger partial charge in [0.1, 0.15) is 5.82 Å². The van der Waals surface area contributed by atoms with Gasteiger partial charge in [-0.25, -0.2) is 4.98 Å². The fourth-order valence-corrected chi connectivity index (χ4v) is 4.10. The Morgan fingerprint density at radius 2 is 1.67 bits per heavy atom. The Morgan fingerprint density at radius 3 is 2.21 bits per heavy atom. The number of carbonyl (C=O) groups excluding carboxylic acids is 2. The van der Waals surface area contributed by atoms with Crippen molar-refractivity contribution in [3.8, 4) is 17.2 Å². The lowest BCUT2D eigenvalue weighted by atomic mass is 9.86. The normalized spacial score (nSPS) is 14.7. The van der Waals surface area contributed by atoms with Crippen LogP contribution >= 0.6 is 0 Å². The van der Waals surface area contributed by atoms with Crippen molar-refractivity contribution in [1.29, 1.82) is 0 Å². The summed E-state index contributed by atoms with van der Waals surface area (Å²) >= 11 is 0. The van der Waals surface area contributed by atoms with Crippen molar-refractivity contribution in [3.05, 3.63) is 23.4 Å². The third-order valence-electron chi connectivity index (χ3n) is 5.58. The number of aromatic nitrogens is 2. The van der Waals surface area contributed by atoms with Crippen LogP contribution in [0.4, 0.5) is 17.5 Å². The van der Waals surface area contributed by atoms with Gasteiger partial charge in [-0.15, -0.1) is 0 Å². The monoisotopic (exact) mass is 457 g/mol. The Hall–Kier alpha value is -3.56. The average molecular weight is 458 g/mol. The number of benzene rings is 1. The van der Waals surface area contributed by atoms with Gasteiger partial charge in [-0.2, -0.15) is 4.98 Å². The topological polar surface area (TPSA) is 115 Å². The van der Waals surface area contributed by atoms with E-state index in [2.05, 4.69) is 25.5 Å². The van der Waals surface area contributed by atoms with Gasteiger partial charge in [-0.1, -0.05) is 0 Å². The number of rotatable bonds is 8. The van der Waals surface area contributed by atoms with Crippen molar-refractivity contribution < 1.29 is 23.8 Å². The molecule has 1 heterocycles. The van der Waals surface area contributed by atoms with E-state index >= 15 is 0 Å². The number of aryl methyl sites for hydroxylation is 1. The Morgan fingerprint density at radius 1 is 1.03 bits per heavy atom. The minimum Gasteiger partial charge on any atom is -0.493 e. The highest BCUT2D eigenvalue weighted by Gasteiger charge is 2.26. The van der Waals surface area contributed by atoms with Gasteiger partial charge in [0.25, 0.3) is 0 Å². The molecule has 1 aliphatic carbocycles. The Kier molecular flexibility index (Phi) is 7.57. The van der Waals surface area contributed by atoms with Crippen molar-refractivity contribution in [3.63, 3.8) is 0 Å². The molecule has 1 atom stereocenters. The van der Waals surface area contributed by atoms with E-state index in [-0.39, 0.29) is 17.8 Å². The Bertz CT molecular complexity index is 1020. The third kappa shape index (κ3) is 5.63. The molecule has 0 fully saturated rings. The van der Waals surface area contributed by atoms with Gasteiger partial charge in [-0.05, 0) is 25.2 Å². The number of methoxy groups -OCH3 is 3. The molecule has 10 nitrogen and oxygen atoms in total. The highest BCUT2D eigenvalue weighted by Crippen LogP contribution is 2.41. The molecule has 10 heteroatoms. The van der Waals surface area contributed by atoms with Crippen LogP contribution in [0, 0.1) is 5.92 Å². The molecule has 0 radical (unpaired) electrons. The predicted octanol–water partition coefficient (Wildman–Crippen LogP) is 2.66. The van der Waals surface area contributed by atoms with Crippen LogP contribution in [-0.2, 0) is 22.4 Å². The summed E-state index contributed by atoms with van der Waals surface area (Å²) in [5.41, 5.74) is 2.70. The van der Waals surface area contributed by atoms with E-state index < -0.39 is 0 Å². The third-order valence-corrected chi connectivity index (χ3v) is 5.58. The van der Waals surface area contributed by atoms with Crippen LogP contribution in [0.2, 0.25) is 0 Å². The van der Waals surface area contributed by atoms with Crippen LogP contribution in [0.15, 0.2) is 12.1 Å². The van der Waals surface area contributed by atoms with Gasteiger partial charge in [-0.3, -0.25) is 14.9 Å². The first-order valence-corrected chi connectivity index (χ1v) is 10.7. The fraction of sp³-hybridized carbons (Fsp3) is 0.478. The molecule has 0 spiro atoms. The van der Waals surface area contributed by atoms with Crippen LogP contribution in [0.1, 0.15) is 31.5 Å². The first kappa shape index (κ1) is 24.1. The standard InChI is InChI=1S/C23H31N5O5/c1-13(29)24-22-17-9-15(7-8-18(17)26-23(27-22)25-14(2)30)12-28(3)16-10-19(31-4)21(33-6)20(11-16)32-5/h10-11,15H,7-9,12H2,1-6H3,(H2,24,25,26,27,29,30). The maximum atomic E-state index is 11.7. The molecule has 3 rings (SSSR count). The zero-order valence-corrected chi connectivity index (χ0v) is 19.9. The summed E-state index contributed by atoms with van der Waals surface area (Å²) in [6.45, 7) is 3.60. The average Bonchev–Trinajstić information content (AvgIpc) is 2.77. The molecule has 178 valence electrons. The van der Waals surface area contributed by atoms with E-state index in [1.165, 1.54) is 13.8 Å². The highest BCUT2D eigenvalue weighted by molar-refractivity contribution is 5.90. The second-order valence-electron chi connectivity index (χ2n) is 8.06. The van der Waals surface area contributed by atoms with Gasteiger partial charge < -0.3 is 24.4 Å². The van der Waals surface area contributed by atoms with Crippen LogP contribution in [0.5, 0.6) is 17.2 Å². The molecule has 0 saturated carbocycles. The SMILES string of the molecule is COc1cc(N(C)CC2CCc3nc(NC(C)=O)nc(NC(C)=O)c3C2)cc(OC)c1OC. The van der Waals surface area contributed by atoms with Crippen molar-refractivity contribution in [2.45, 2.75) is 33.1 Å². The number of hydrogen-bond donors (Lipinski definition) is 2. The van der Waals surface area contributed by atoms with Crippen LogP contribution in [-0.4, -0.2) is 56.7 Å². The summed E-state index contributed by atoms with van der Waals surface area (Å²) < 4.78 is 16.4. The summed E-state index contributed by atoms with van der Waals surface area (Å²) in [6, 6.07) is 3.84. The maximum absolute atomic E-state index is 11.7. The molecule has 33 heavy (non-hydrogen) atoms. The molecular weight excluding hydrogens is 426 g/mol. The first-order valence-electron chi connectivity index (χ1n) is 10.7. The summed E-state index contributed by atoms with van der Waals surface area (Å²) in [4.78, 5) is 34.2. The minimum atomic E-state index is -0.260. The molecule has 0 aliphatic heterocycles. The zero-order chi connectivity index (χ0) is 24.1. The van der Waals surface area contributed by atoms with Crippen LogP contribution < -0.4 is 29.7 Å². The van der Waals surface area contributed by atoms with Gasteiger partial charge in [0.05, 0.1) is 27.0 Å². The summed E-state index contributed by atoms with van der Waals surface area (Å²) in [6.07, 6.45) is 2.35. The van der Waals surface area contributed by atoms with Crippen molar-refractivity contribution in [1.82, 2.24) is 9.97 Å². The second kappa shape index (κ2) is 10.4. The molecule has 1 aromatic heterocycles. The van der Waals surface area contributed by atoms with E-state index in [0.717, 1.165) is 36.3 Å². The molecule has 1 unspecified atom stereocenters. The van der Waals surface area contributed by atoms with Crippen molar-refractivity contribution >= 4 is 29.3 Å². The first-order chi connectivity index (χ1) is 15.7. The van der Waals surface area contributed by atoms with Crippen LogP contribution in [0.3, 0.4) is 0 Å². The number of carbonyl (C=O) groups is 2. The minimum absolute atomic E-state index is 0.206. The van der Waals surface area contributed by atoms with E-state index in [1.54, 1.807) is 21.3 Å². The summed E-state index contributed by atoms with van der Waals surface area (Å²) in [5, 5.41) is 5.40. The van der Waals surface area contributed by atoms with Gasteiger partial charge >= 0.3 is 0 Å². The lowest BCUT2D eigenvalue weighted by Gasteiger charge is -2.30. The number of nitrogens with one attached hydrogen (secondary N) is 2. The molecule has 2 amide bonds. The smallest absolute Gasteiger partial charge is 0.231 e. The van der Waals surface area contributed by atoms with Gasteiger partial charge in [0, 0.05) is 50.8 Å². The second-order valence-corrected chi connectivity index (χ2v) is 8.06. The van der Waals surface area contributed by atoms with Gasteiger partial charge in [0.15, 0.2) is 11.5 Å². The number of fused-ring (bicyclic) bond motifs is 1. The molecular formula is C23H31N5O5.